The SMILES string of the molecule is C[C@]12CC[C@@H]3c4ccc(O)cc4CC[C@@H]3[C@@H]1CC[C@@H]2OC(=O)CCC(=O)[O-]. The van der Waals surface area contributed by atoms with Crippen molar-refractivity contribution >= 4 is 11.9 Å². The van der Waals surface area contributed by atoms with Crippen molar-refractivity contribution in [1.29, 1.82) is 0 Å². The van der Waals surface area contributed by atoms with Gasteiger partial charge in [0.15, 0.2) is 0 Å². The molecule has 0 amide bonds. The van der Waals surface area contributed by atoms with Gasteiger partial charge in [-0.25, -0.2) is 0 Å². The van der Waals surface area contributed by atoms with Crippen LogP contribution in [0.5, 0.6) is 5.75 Å². The highest BCUT2D eigenvalue weighted by atomic mass is 16.5. The van der Waals surface area contributed by atoms with E-state index in [-0.39, 0.29) is 24.4 Å². The Kier molecular flexibility index (Phi) is 4.65. The molecule has 0 radical (unpaired) electrons. The summed E-state index contributed by atoms with van der Waals surface area (Å²) in [5, 5.41) is 20.4. The highest BCUT2D eigenvalue weighted by molar-refractivity contribution is 5.75. The topological polar surface area (TPSA) is 86.7 Å². The largest absolute Gasteiger partial charge is 0.550 e. The second-order valence-electron chi connectivity index (χ2n) is 8.77. The van der Waals surface area contributed by atoms with Crippen molar-refractivity contribution in [3.8, 4) is 5.75 Å². The number of aromatic hydroxyl groups is 1. The number of carbonyl (C=O) groups is 2. The van der Waals surface area contributed by atoms with E-state index in [1.54, 1.807) is 6.07 Å². The normalized spacial score (nSPS) is 34.3. The van der Waals surface area contributed by atoms with Crippen LogP contribution in [-0.4, -0.2) is 23.1 Å². The summed E-state index contributed by atoms with van der Waals surface area (Å²) in [7, 11) is 0. The summed E-state index contributed by atoms with van der Waals surface area (Å²) in [4.78, 5) is 22.6. The van der Waals surface area contributed by atoms with E-state index in [2.05, 4.69) is 13.0 Å². The summed E-state index contributed by atoms with van der Waals surface area (Å²) >= 11 is 0. The van der Waals surface area contributed by atoms with Gasteiger partial charge in [-0.2, -0.15) is 0 Å². The van der Waals surface area contributed by atoms with E-state index in [1.807, 2.05) is 6.07 Å². The molecule has 5 atom stereocenters. The third-order valence-electron chi connectivity index (χ3n) is 7.43. The Labute approximate surface area is 159 Å². The molecule has 2 fully saturated rings. The minimum Gasteiger partial charge on any atom is -0.550 e. The fourth-order valence-corrected chi connectivity index (χ4v) is 6.14. The molecule has 0 aromatic heterocycles. The maximum Gasteiger partial charge on any atom is 0.306 e. The number of carboxylic acid groups (broad SMARTS) is 1. The van der Waals surface area contributed by atoms with Gasteiger partial charge < -0.3 is 19.7 Å². The van der Waals surface area contributed by atoms with Gasteiger partial charge in [0.25, 0.3) is 0 Å². The van der Waals surface area contributed by atoms with E-state index in [9.17, 15) is 19.8 Å². The third kappa shape index (κ3) is 3.21. The van der Waals surface area contributed by atoms with E-state index in [0.717, 1.165) is 38.5 Å². The van der Waals surface area contributed by atoms with Gasteiger partial charge in [0.2, 0.25) is 0 Å². The molecule has 3 aliphatic carbocycles. The minimum atomic E-state index is -1.21. The zero-order chi connectivity index (χ0) is 19.2. The summed E-state index contributed by atoms with van der Waals surface area (Å²) in [6, 6.07) is 5.80. The monoisotopic (exact) mass is 371 g/mol. The van der Waals surface area contributed by atoms with E-state index >= 15 is 0 Å². The first kappa shape index (κ1) is 18.3. The van der Waals surface area contributed by atoms with Crippen molar-refractivity contribution in [2.24, 2.45) is 17.3 Å². The van der Waals surface area contributed by atoms with Gasteiger partial charge in [-0.3, -0.25) is 4.79 Å². The fraction of sp³-hybridized carbons (Fsp3) is 0.636. The number of rotatable bonds is 4. The van der Waals surface area contributed by atoms with Gasteiger partial charge in [-0.05, 0) is 86.0 Å². The number of phenols is 1. The molecule has 1 aromatic rings. The lowest BCUT2D eigenvalue weighted by Crippen LogP contribution is -2.45. The second-order valence-corrected chi connectivity index (χ2v) is 8.77. The van der Waals surface area contributed by atoms with Crippen molar-refractivity contribution in [2.45, 2.75) is 70.3 Å². The summed E-state index contributed by atoms with van der Waals surface area (Å²) in [5.74, 6) is 0.356. The van der Waals surface area contributed by atoms with Gasteiger partial charge in [-0.15, -0.1) is 0 Å². The molecule has 0 heterocycles. The molecule has 2 saturated carbocycles. The summed E-state index contributed by atoms with van der Waals surface area (Å²) in [6.07, 6.45) is 5.62. The van der Waals surface area contributed by atoms with Crippen LogP contribution in [0.1, 0.15) is 68.9 Å². The maximum atomic E-state index is 12.1. The first-order valence-electron chi connectivity index (χ1n) is 10.1. The lowest BCUT2D eigenvalue weighted by molar-refractivity contribution is -0.305. The lowest BCUT2D eigenvalue weighted by Gasteiger charge is -2.50. The molecule has 146 valence electrons. The van der Waals surface area contributed by atoms with E-state index in [0.29, 0.717) is 23.5 Å². The lowest BCUT2D eigenvalue weighted by atomic mass is 9.55. The number of esters is 1. The molecule has 1 N–H and O–H groups in total. The molecule has 5 heteroatoms. The van der Waals surface area contributed by atoms with Crippen LogP contribution in [-0.2, 0) is 20.7 Å². The Morgan fingerprint density at radius 3 is 2.81 bits per heavy atom. The standard InChI is InChI=1S/C22H28O5/c1-22-11-10-16-15-5-3-14(23)12-13(15)2-4-17(16)18(22)6-7-19(22)27-21(26)9-8-20(24)25/h3,5,12,16-19,23H,2,4,6-11H2,1H3,(H,24,25)/p-1/t16-,17+,18+,19+,22+/m1/s1. The molecule has 1 aromatic carbocycles. The van der Waals surface area contributed by atoms with Gasteiger partial charge in [0.1, 0.15) is 11.9 Å². The van der Waals surface area contributed by atoms with Gasteiger partial charge in [0.05, 0.1) is 6.42 Å². The third-order valence-corrected chi connectivity index (χ3v) is 7.43. The van der Waals surface area contributed by atoms with Crippen molar-refractivity contribution in [3.05, 3.63) is 29.3 Å². The van der Waals surface area contributed by atoms with Crippen molar-refractivity contribution in [2.75, 3.05) is 0 Å². The smallest absolute Gasteiger partial charge is 0.306 e. The number of aliphatic carboxylic acids is 1. The van der Waals surface area contributed by atoms with Crippen LogP contribution in [0, 0.1) is 17.3 Å². The predicted octanol–water partition coefficient (Wildman–Crippen LogP) is 2.69. The summed E-state index contributed by atoms with van der Waals surface area (Å²) < 4.78 is 5.74. The van der Waals surface area contributed by atoms with Crippen molar-refractivity contribution in [3.63, 3.8) is 0 Å². The highest BCUT2D eigenvalue weighted by Crippen LogP contribution is 2.61. The molecule has 5 nitrogen and oxygen atoms in total. The number of benzene rings is 1. The predicted molar refractivity (Wildman–Crippen MR) is 96.8 cm³/mol. The van der Waals surface area contributed by atoms with Gasteiger partial charge in [0, 0.05) is 11.4 Å². The molecular formula is C22H27O5-. The zero-order valence-corrected chi connectivity index (χ0v) is 15.8. The van der Waals surface area contributed by atoms with E-state index in [4.69, 9.17) is 4.74 Å². The fourth-order valence-electron chi connectivity index (χ4n) is 6.14. The number of hydrogen-bond donors (Lipinski definition) is 1. The van der Waals surface area contributed by atoms with Crippen molar-refractivity contribution < 1.29 is 24.5 Å². The average molecular weight is 371 g/mol. The number of ether oxygens (including phenoxy) is 1. The Morgan fingerprint density at radius 2 is 2.04 bits per heavy atom. The van der Waals surface area contributed by atoms with Crippen LogP contribution < -0.4 is 5.11 Å². The molecule has 4 rings (SSSR count). The van der Waals surface area contributed by atoms with Gasteiger partial charge in [-0.1, -0.05) is 13.0 Å². The number of fused-ring (bicyclic) bond motifs is 5. The molecule has 0 bridgehead atoms. The zero-order valence-electron chi connectivity index (χ0n) is 15.8. The quantitative estimate of drug-likeness (QED) is 0.823. The van der Waals surface area contributed by atoms with Crippen LogP contribution in [0.25, 0.3) is 0 Å². The molecule has 0 unspecified atom stereocenters. The Balaban J connectivity index is 1.49. The Hall–Kier alpha value is -2.04. The Bertz CT molecular complexity index is 757. The Morgan fingerprint density at radius 1 is 1.22 bits per heavy atom. The molecule has 0 aliphatic heterocycles. The van der Waals surface area contributed by atoms with Crippen LogP contribution >= 0.6 is 0 Å². The van der Waals surface area contributed by atoms with E-state index in [1.165, 1.54) is 11.1 Å². The average Bonchev–Trinajstić information content (AvgIpc) is 2.96. The molecule has 0 saturated heterocycles. The van der Waals surface area contributed by atoms with Crippen LogP contribution in [0.3, 0.4) is 0 Å². The first-order chi connectivity index (χ1) is 12.9. The van der Waals surface area contributed by atoms with Gasteiger partial charge >= 0.3 is 5.97 Å². The molecular weight excluding hydrogens is 344 g/mol. The van der Waals surface area contributed by atoms with E-state index < -0.39 is 11.9 Å². The molecule has 27 heavy (non-hydrogen) atoms. The maximum absolute atomic E-state index is 12.1. The number of carboxylic acids is 1. The first-order valence-corrected chi connectivity index (χ1v) is 10.1. The van der Waals surface area contributed by atoms with Crippen LogP contribution in [0.15, 0.2) is 18.2 Å². The second kappa shape index (κ2) is 6.84. The van der Waals surface area contributed by atoms with Crippen LogP contribution in [0.4, 0.5) is 0 Å². The van der Waals surface area contributed by atoms with Crippen LogP contribution in [0.2, 0.25) is 0 Å². The summed E-state index contributed by atoms with van der Waals surface area (Å²) in [5.41, 5.74) is 2.65. The summed E-state index contributed by atoms with van der Waals surface area (Å²) in [6.45, 7) is 2.25. The highest BCUT2D eigenvalue weighted by Gasteiger charge is 2.56. The number of hydrogen-bond acceptors (Lipinski definition) is 5. The minimum absolute atomic E-state index is 0.0211. The number of carbonyl (C=O) groups excluding carboxylic acids is 2. The molecule has 3 aliphatic rings. The molecule has 0 spiro atoms. The number of phenolic OH excluding ortho intramolecular Hbond substituents is 1. The van der Waals surface area contributed by atoms with Crippen molar-refractivity contribution in [1.82, 2.24) is 0 Å². The number of aryl methyl sites for hydroxylation is 1.